The molecule has 104 valence electrons. The molecule has 0 fully saturated rings. The second-order valence-corrected chi connectivity index (χ2v) is 3.88. The minimum absolute atomic E-state index is 0.000858. The number of H-pyrrole nitrogens is 1. The molecule has 1 unspecified atom stereocenters. The van der Waals surface area contributed by atoms with Crippen LogP contribution in [0.3, 0.4) is 0 Å². The number of carboxylic acid groups (broad SMARTS) is 2. The predicted molar refractivity (Wildman–Crippen MR) is 62.1 cm³/mol. The van der Waals surface area contributed by atoms with E-state index in [1.165, 1.54) is 12.5 Å². The molecule has 0 spiro atoms. The van der Waals surface area contributed by atoms with Crippen molar-refractivity contribution >= 4 is 17.8 Å². The Morgan fingerprint density at radius 1 is 1.42 bits per heavy atom. The van der Waals surface area contributed by atoms with Crippen molar-refractivity contribution in [3.8, 4) is 0 Å². The number of aromatic nitrogens is 2. The molecule has 0 bridgehead atoms. The zero-order valence-corrected chi connectivity index (χ0v) is 9.87. The number of nitrogens with two attached hydrogens (primary N) is 1. The normalized spacial score (nSPS) is 13.5. The van der Waals surface area contributed by atoms with Crippen LogP contribution in [0.15, 0.2) is 12.5 Å². The maximum absolute atomic E-state index is 11.5. The molecule has 1 amide bonds. The molecule has 9 nitrogen and oxygen atoms in total. The second-order valence-electron chi connectivity index (χ2n) is 3.88. The number of aromatic amines is 1. The molecule has 0 aliphatic heterocycles. The lowest BCUT2D eigenvalue weighted by molar-refractivity contribution is -0.142. The van der Waals surface area contributed by atoms with Crippen LogP contribution in [-0.2, 0) is 20.8 Å². The average molecular weight is 270 g/mol. The molecule has 6 N–H and O–H groups in total. The summed E-state index contributed by atoms with van der Waals surface area (Å²) in [6.07, 6.45) is 2.24. The first kappa shape index (κ1) is 14.6. The molecule has 19 heavy (non-hydrogen) atoms. The van der Waals surface area contributed by atoms with E-state index in [0.29, 0.717) is 5.69 Å². The van der Waals surface area contributed by atoms with Gasteiger partial charge in [0.25, 0.3) is 0 Å². The number of carboxylic acids is 2. The Kier molecular flexibility index (Phi) is 5.01. The molecule has 1 rings (SSSR count). The molecule has 0 saturated carbocycles. The molecule has 1 aromatic rings. The number of hydrogen-bond acceptors (Lipinski definition) is 5. The highest BCUT2D eigenvalue weighted by Crippen LogP contribution is 2.00. The Hall–Kier alpha value is -2.42. The molecule has 9 heteroatoms. The zero-order valence-electron chi connectivity index (χ0n) is 9.87. The van der Waals surface area contributed by atoms with E-state index in [4.69, 9.17) is 15.9 Å². The van der Waals surface area contributed by atoms with Crippen LogP contribution in [0.25, 0.3) is 0 Å². The van der Waals surface area contributed by atoms with Gasteiger partial charge in [-0.25, -0.2) is 9.78 Å². The maximum Gasteiger partial charge on any atom is 0.326 e. The lowest BCUT2D eigenvalue weighted by Crippen LogP contribution is -2.49. The minimum Gasteiger partial charge on any atom is -0.481 e. The van der Waals surface area contributed by atoms with E-state index in [2.05, 4.69) is 15.3 Å². The SMILES string of the molecule is NC(CC(=O)O)C(=O)N[C@H](Cc1cnc[nH]1)C(=O)O. The lowest BCUT2D eigenvalue weighted by atomic mass is 10.1. The van der Waals surface area contributed by atoms with Crippen LogP contribution in [0, 0.1) is 0 Å². The van der Waals surface area contributed by atoms with Gasteiger partial charge in [-0.3, -0.25) is 9.59 Å². The number of imidazole rings is 1. The lowest BCUT2D eigenvalue weighted by Gasteiger charge is -2.16. The molecule has 0 aliphatic carbocycles. The van der Waals surface area contributed by atoms with Gasteiger partial charge in [0.15, 0.2) is 0 Å². The predicted octanol–water partition coefficient (Wildman–Crippen LogP) is -1.68. The van der Waals surface area contributed by atoms with E-state index in [1.807, 2.05) is 0 Å². The highest BCUT2D eigenvalue weighted by molar-refractivity contribution is 5.89. The van der Waals surface area contributed by atoms with Gasteiger partial charge in [-0.05, 0) is 0 Å². The molecular weight excluding hydrogens is 256 g/mol. The van der Waals surface area contributed by atoms with Crippen molar-refractivity contribution in [3.05, 3.63) is 18.2 Å². The van der Waals surface area contributed by atoms with Crippen LogP contribution >= 0.6 is 0 Å². The molecule has 1 heterocycles. The van der Waals surface area contributed by atoms with E-state index in [9.17, 15) is 14.4 Å². The molecule has 1 aromatic heterocycles. The summed E-state index contributed by atoms with van der Waals surface area (Å²) in [4.78, 5) is 39.4. The first-order valence-corrected chi connectivity index (χ1v) is 5.38. The summed E-state index contributed by atoms with van der Waals surface area (Å²) in [7, 11) is 0. The van der Waals surface area contributed by atoms with Gasteiger partial charge >= 0.3 is 11.9 Å². The number of aliphatic carboxylic acids is 2. The van der Waals surface area contributed by atoms with Crippen molar-refractivity contribution in [1.29, 1.82) is 0 Å². The third-order valence-corrected chi connectivity index (χ3v) is 2.32. The minimum atomic E-state index is -1.29. The van der Waals surface area contributed by atoms with Crippen molar-refractivity contribution < 1.29 is 24.6 Å². The van der Waals surface area contributed by atoms with Gasteiger partial charge in [-0.1, -0.05) is 0 Å². The largest absolute Gasteiger partial charge is 0.481 e. The summed E-state index contributed by atoms with van der Waals surface area (Å²) in [5, 5.41) is 19.7. The molecular formula is C10H14N4O5. The van der Waals surface area contributed by atoms with Gasteiger partial charge in [0.05, 0.1) is 18.8 Å². The van der Waals surface area contributed by atoms with Crippen LogP contribution in [0.2, 0.25) is 0 Å². The third kappa shape index (κ3) is 4.76. The van der Waals surface area contributed by atoms with Gasteiger partial charge < -0.3 is 26.2 Å². The monoisotopic (exact) mass is 270 g/mol. The molecule has 0 aromatic carbocycles. The van der Waals surface area contributed by atoms with E-state index in [-0.39, 0.29) is 6.42 Å². The topological polar surface area (TPSA) is 158 Å². The van der Waals surface area contributed by atoms with Crippen molar-refractivity contribution in [1.82, 2.24) is 15.3 Å². The van der Waals surface area contributed by atoms with Crippen molar-refractivity contribution in [2.24, 2.45) is 5.73 Å². The van der Waals surface area contributed by atoms with E-state index >= 15 is 0 Å². The van der Waals surface area contributed by atoms with Crippen molar-refractivity contribution in [3.63, 3.8) is 0 Å². The summed E-state index contributed by atoms with van der Waals surface area (Å²) in [6.45, 7) is 0. The van der Waals surface area contributed by atoms with Gasteiger partial charge in [-0.2, -0.15) is 0 Å². The Balaban J connectivity index is 2.61. The van der Waals surface area contributed by atoms with E-state index in [0.717, 1.165) is 0 Å². The summed E-state index contributed by atoms with van der Waals surface area (Å²) in [5.74, 6) is -3.30. The van der Waals surface area contributed by atoms with Gasteiger partial charge in [0.1, 0.15) is 6.04 Å². The average Bonchev–Trinajstić information content (AvgIpc) is 2.79. The van der Waals surface area contributed by atoms with Gasteiger partial charge in [-0.15, -0.1) is 0 Å². The quantitative estimate of drug-likeness (QED) is 0.396. The van der Waals surface area contributed by atoms with Crippen LogP contribution in [0.4, 0.5) is 0 Å². The highest BCUT2D eigenvalue weighted by Gasteiger charge is 2.25. The fourth-order valence-electron chi connectivity index (χ4n) is 1.38. The fraction of sp³-hybridized carbons (Fsp3) is 0.400. The summed E-state index contributed by atoms with van der Waals surface area (Å²) < 4.78 is 0. The summed E-state index contributed by atoms with van der Waals surface area (Å²) in [5.41, 5.74) is 5.86. The number of nitrogens with zero attached hydrogens (tertiary/aromatic N) is 1. The number of amides is 1. The Bertz CT molecular complexity index is 458. The van der Waals surface area contributed by atoms with Crippen molar-refractivity contribution in [2.75, 3.05) is 0 Å². The smallest absolute Gasteiger partial charge is 0.326 e. The summed E-state index contributed by atoms with van der Waals surface area (Å²) in [6, 6.07) is -2.49. The standard InChI is InChI=1S/C10H14N4O5/c11-6(2-8(15)16)9(17)14-7(10(18)19)1-5-3-12-4-13-5/h3-4,6-7H,1-2,11H2,(H,12,13)(H,14,17)(H,15,16)(H,18,19)/t6?,7-/m1/s1. The van der Waals surface area contributed by atoms with E-state index < -0.39 is 36.4 Å². The number of rotatable bonds is 7. The number of nitrogens with one attached hydrogen (secondary N) is 2. The highest BCUT2D eigenvalue weighted by atomic mass is 16.4. The van der Waals surface area contributed by atoms with Crippen LogP contribution in [-0.4, -0.2) is 50.1 Å². The number of hydrogen-bond donors (Lipinski definition) is 5. The molecule has 2 atom stereocenters. The van der Waals surface area contributed by atoms with Crippen LogP contribution in [0.5, 0.6) is 0 Å². The maximum atomic E-state index is 11.5. The van der Waals surface area contributed by atoms with Gasteiger partial charge in [0.2, 0.25) is 5.91 Å². The van der Waals surface area contributed by atoms with Crippen LogP contribution < -0.4 is 11.1 Å². The molecule has 0 aliphatic rings. The zero-order chi connectivity index (χ0) is 14.4. The fourth-order valence-corrected chi connectivity index (χ4v) is 1.38. The molecule has 0 saturated heterocycles. The Morgan fingerprint density at radius 2 is 2.11 bits per heavy atom. The first-order valence-electron chi connectivity index (χ1n) is 5.38. The Morgan fingerprint density at radius 3 is 2.58 bits per heavy atom. The Labute approximate surface area is 107 Å². The van der Waals surface area contributed by atoms with Crippen molar-refractivity contribution in [2.45, 2.75) is 24.9 Å². The van der Waals surface area contributed by atoms with E-state index in [1.54, 1.807) is 0 Å². The second kappa shape index (κ2) is 6.50. The first-order chi connectivity index (χ1) is 8.90. The number of carbonyl (C=O) groups excluding carboxylic acids is 1. The third-order valence-electron chi connectivity index (χ3n) is 2.32. The van der Waals surface area contributed by atoms with Gasteiger partial charge in [0, 0.05) is 18.3 Å². The van der Waals surface area contributed by atoms with Crippen LogP contribution in [0.1, 0.15) is 12.1 Å². The molecule has 0 radical (unpaired) electrons. The number of carbonyl (C=O) groups is 3. The summed E-state index contributed by atoms with van der Waals surface area (Å²) >= 11 is 0.